The van der Waals surface area contributed by atoms with E-state index in [1.807, 2.05) is 0 Å². The molecule has 12 nitrogen and oxygen atoms in total. The van der Waals surface area contributed by atoms with Crippen molar-refractivity contribution in [2.45, 2.75) is 51.2 Å². The number of carboxylic acids is 2. The molecule has 3 unspecified atom stereocenters. The Balaban J connectivity index is 4.37. The van der Waals surface area contributed by atoms with Crippen molar-refractivity contribution in [3.63, 3.8) is 0 Å². The van der Waals surface area contributed by atoms with Crippen LogP contribution in [0.4, 0.5) is 0 Å². The maximum Gasteiger partial charge on any atom is 0.220 e. The monoisotopic (exact) mass is 442 g/mol. The Hall–Kier alpha value is -1.29. The molecule has 0 aromatic carbocycles. The number of phosphoric acid groups is 1. The molecule has 0 spiro atoms. The first-order valence-corrected chi connectivity index (χ1v) is 11.7. The van der Waals surface area contributed by atoms with Crippen molar-refractivity contribution in [3.8, 4) is 0 Å². The fourth-order valence-corrected chi connectivity index (χ4v) is 4.14. The van der Waals surface area contributed by atoms with E-state index in [1.165, 1.54) is 0 Å². The van der Waals surface area contributed by atoms with Crippen LogP contribution in [0, 0.1) is 5.92 Å². The molecule has 0 heterocycles. The van der Waals surface area contributed by atoms with E-state index in [0.717, 1.165) is 6.92 Å². The summed E-state index contributed by atoms with van der Waals surface area (Å²) in [7, 11) is -9.44. The van der Waals surface area contributed by atoms with Gasteiger partial charge < -0.3 is 53.5 Å². The highest BCUT2D eigenvalue weighted by molar-refractivity contribution is 7.57. The van der Waals surface area contributed by atoms with Crippen molar-refractivity contribution in [2.24, 2.45) is 5.92 Å². The van der Waals surface area contributed by atoms with Gasteiger partial charge in [-0.15, -0.1) is 0 Å². The Kier molecular flexibility index (Phi) is 11.7. The van der Waals surface area contributed by atoms with Gasteiger partial charge in [-0.3, -0.25) is 4.79 Å². The molecule has 0 aliphatic rings. The van der Waals surface area contributed by atoms with Crippen LogP contribution in [0.5, 0.6) is 0 Å². The second kappa shape index (κ2) is 12.3. The molecule has 0 bridgehead atoms. The van der Waals surface area contributed by atoms with Gasteiger partial charge in [0, 0.05) is 31.6 Å². The van der Waals surface area contributed by atoms with E-state index in [4.69, 9.17) is 0 Å². The minimum Gasteiger partial charge on any atom is -0.798 e. The van der Waals surface area contributed by atoms with Crippen LogP contribution < -0.4 is 30.2 Å². The topological polar surface area (TPSA) is 222 Å². The van der Waals surface area contributed by atoms with Crippen LogP contribution in [0.2, 0.25) is 0 Å². The molecule has 14 heteroatoms. The number of aliphatic carboxylic acids is 2. The molecule has 0 radical (unpaired) electrons. The van der Waals surface area contributed by atoms with Crippen LogP contribution >= 0.6 is 15.2 Å². The van der Waals surface area contributed by atoms with Gasteiger partial charge >= 0.3 is 0 Å². The number of carbonyl (C=O) groups is 3. The molecule has 28 heavy (non-hydrogen) atoms. The Bertz CT molecular complexity index is 633. The van der Waals surface area contributed by atoms with E-state index in [1.54, 1.807) is 0 Å². The van der Waals surface area contributed by atoms with Gasteiger partial charge in [-0.2, -0.15) is 0 Å². The van der Waals surface area contributed by atoms with Crippen molar-refractivity contribution in [1.82, 2.24) is 5.32 Å². The third kappa shape index (κ3) is 13.0. The van der Waals surface area contributed by atoms with Gasteiger partial charge in [0.05, 0.1) is 20.2 Å². The smallest absolute Gasteiger partial charge is 0.220 e. The highest BCUT2D eigenvalue weighted by Crippen LogP contribution is 2.42. The maximum atomic E-state index is 12.2. The number of amides is 1. The first-order chi connectivity index (χ1) is 12.7. The highest BCUT2D eigenvalue weighted by Gasteiger charge is 2.24. The van der Waals surface area contributed by atoms with Crippen LogP contribution in [-0.2, 0) is 28.0 Å². The summed E-state index contributed by atoms with van der Waals surface area (Å²) in [6.45, 7) is 0.846. The Morgan fingerprint density at radius 3 is 2.11 bits per heavy atom. The molecule has 0 aromatic rings. The average Bonchev–Trinajstić information content (AvgIpc) is 2.53. The molecule has 164 valence electrons. The van der Waals surface area contributed by atoms with Gasteiger partial charge in [0.25, 0.3) is 0 Å². The summed E-state index contributed by atoms with van der Waals surface area (Å²) in [5, 5.41) is 23.6. The maximum absolute atomic E-state index is 12.2. The Labute approximate surface area is 162 Å². The summed E-state index contributed by atoms with van der Waals surface area (Å²) in [6.07, 6.45) is -1.22. The van der Waals surface area contributed by atoms with Crippen molar-refractivity contribution in [3.05, 3.63) is 0 Å². The third-order valence-electron chi connectivity index (χ3n) is 3.76. The number of unbranched alkanes of at least 4 members (excludes halogenated alkanes) is 2. The van der Waals surface area contributed by atoms with Crippen molar-refractivity contribution >= 4 is 33.0 Å². The molecular weight excluding hydrogens is 420 g/mol. The molecule has 1 amide bonds. The largest absolute Gasteiger partial charge is 0.798 e. The molecule has 0 fully saturated rings. The number of carbonyl (C=O) groups excluding carboxylic acids is 3. The second-order valence-electron chi connectivity index (χ2n) is 6.17. The van der Waals surface area contributed by atoms with Gasteiger partial charge in [0.2, 0.25) is 5.91 Å². The quantitative estimate of drug-likeness (QED) is 0.192. The van der Waals surface area contributed by atoms with E-state index >= 15 is 0 Å². The number of carboxylic acid groups (broad SMARTS) is 2. The molecule has 0 saturated carbocycles. The predicted octanol–water partition coefficient (Wildman–Crippen LogP) is -3.61. The van der Waals surface area contributed by atoms with Crippen molar-refractivity contribution < 1.29 is 52.9 Å². The first kappa shape index (κ1) is 26.7. The standard InChI is InChI=1S/C14H27NO11P2/c1-10(15-12(16)5-3-2-4-8-26-28(23,24)25)27(21,22)9-11(14(19)20)6-7-13(17)18/h10-11H,2-9H2,1H3,(H,15,16)(H,17,18)(H,19,20)(H,21,22)(H2,23,24,25)/p-5. The molecule has 0 aliphatic heterocycles. The lowest BCUT2D eigenvalue weighted by molar-refractivity contribution is -0.341. The normalized spacial score (nSPS) is 16.0. The van der Waals surface area contributed by atoms with Crippen molar-refractivity contribution in [1.29, 1.82) is 0 Å². The first-order valence-electron chi connectivity index (χ1n) is 8.41. The lowest BCUT2D eigenvalue weighted by Crippen LogP contribution is -2.40. The average molecular weight is 442 g/mol. The Morgan fingerprint density at radius 2 is 1.61 bits per heavy atom. The lowest BCUT2D eigenvalue weighted by Gasteiger charge is -2.34. The van der Waals surface area contributed by atoms with E-state index < -0.39 is 63.7 Å². The van der Waals surface area contributed by atoms with E-state index in [0.29, 0.717) is 6.42 Å². The molecule has 1 N–H and O–H groups in total. The lowest BCUT2D eigenvalue weighted by atomic mass is 10.1. The fourth-order valence-electron chi connectivity index (χ4n) is 2.19. The summed E-state index contributed by atoms with van der Waals surface area (Å²) in [5.74, 6) is -6.77. The van der Waals surface area contributed by atoms with Gasteiger partial charge in [0.1, 0.15) is 0 Å². The van der Waals surface area contributed by atoms with Gasteiger partial charge in [0.15, 0.2) is 0 Å². The Morgan fingerprint density at radius 1 is 1.00 bits per heavy atom. The zero-order chi connectivity index (χ0) is 22.0. The summed E-state index contributed by atoms with van der Waals surface area (Å²) in [5.41, 5.74) is 0. The van der Waals surface area contributed by atoms with Crippen LogP contribution in [0.3, 0.4) is 0 Å². The van der Waals surface area contributed by atoms with E-state index in [-0.39, 0.29) is 25.9 Å². The molecule has 0 aromatic heterocycles. The third-order valence-corrected chi connectivity index (χ3v) is 6.52. The van der Waals surface area contributed by atoms with Gasteiger partial charge in [-0.05, 0) is 38.8 Å². The zero-order valence-corrected chi connectivity index (χ0v) is 17.0. The van der Waals surface area contributed by atoms with Gasteiger partial charge in [-0.1, -0.05) is 6.42 Å². The van der Waals surface area contributed by atoms with E-state index in [2.05, 4.69) is 9.84 Å². The number of nitrogens with one attached hydrogen (secondary N) is 1. The number of rotatable bonds is 15. The molecule has 3 atom stereocenters. The van der Waals surface area contributed by atoms with E-state index in [9.17, 15) is 48.4 Å². The SMILES string of the molecule is CC(NC(=O)CCCCCOP(=O)([O-])[O-])P(=O)([O-])CC(CCC(=O)[O-])C(=O)[O-]. The summed E-state index contributed by atoms with van der Waals surface area (Å²) in [4.78, 5) is 65.8. The second-order valence-corrected chi connectivity index (χ2v) is 9.91. The van der Waals surface area contributed by atoms with Crippen LogP contribution in [0.25, 0.3) is 0 Å². The van der Waals surface area contributed by atoms with Crippen molar-refractivity contribution in [2.75, 3.05) is 12.8 Å². The predicted molar refractivity (Wildman–Crippen MR) is 84.8 cm³/mol. The van der Waals surface area contributed by atoms with Crippen LogP contribution in [0.1, 0.15) is 45.4 Å². The molecule has 0 aliphatic carbocycles. The molecule has 0 rings (SSSR count). The minimum atomic E-state index is -5.03. The molecule has 0 saturated heterocycles. The fraction of sp³-hybridized carbons (Fsp3) is 0.786. The number of hydrogen-bond acceptors (Lipinski definition) is 11. The summed E-state index contributed by atoms with van der Waals surface area (Å²) in [6, 6.07) is 0. The minimum absolute atomic E-state index is 0.0780. The highest BCUT2D eigenvalue weighted by atomic mass is 31.2. The number of phosphoric ester groups is 1. The van der Waals surface area contributed by atoms with Crippen LogP contribution in [0.15, 0.2) is 0 Å². The van der Waals surface area contributed by atoms with Crippen LogP contribution in [-0.4, -0.2) is 36.4 Å². The number of hydrogen-bond donors (Lipinski definition) is 1. The molecular formula is C14H22NO11P2-5. The zero-order valence-electron chi connectivity index (χ0n) is 15.2. The summed E-state index contributed by atoms with van der Waals surface area (Å²) >= 11 is 0. The summed E-state index contributed by atoms with van der Waals surface area (Å²) < 4.78 is 26.4. The van der Waals surface area contributed by atoms with Gasteiger partial charge in [-0.25, -0.2) is 0 Å².